The zero-order valence-corrected chi connectivity index (χ0v) is 10.2. The van der Waals surface area contributed by atoms with Crippen molar-refractivity contribution in [3.8, 4) is 0 Å². The first kappa shape index (κ1) is 12.8. The van der Waals surface area contributed by atoms with Gasteiger partial charge in [-0.05, 0) is 18.1 Å². The van der Waals surface area contributed by atoms with Crippen molar-refractivity contribution in [1.29, 1.82) is 0 Å². The largest absolute Gasteiger partial charge is 0.469 e. The molecule has 3 nitrogen and oxygen atoms in total. The van der Waals surface area contributed by atoms with Crippen molar-refractivity contribution in [2.24, 2.45) is 5.92 Å². The van der Waals surface area contributed by atoms with Crippen LogP contribution in [-0.4, -0.2) is 12.5 Å². The van der Waals surface area contributed by atoms with Gasteiger partial charge in [-0.2, -0.15) is 0 Å². The molecule has 0 spiro atoms. The van der Waals surface area contributed by atoms with Gasteiger partial charge in [0.15, 0.2) is 0 Å². The summed E-state index contributed by atoms with van der Waals surface area (Å²) in [5, 5.41) is 2.97. The van der Waals surface area contributed by atoms with Crippen molar-refractivity contribution in [2.45, 2.75) is 39.5 Å². The van der Waals surface area contributed by atoms with E-state index in [-0.39, 0.29) is 5.91 Å². The Labute approximate surface area is 97.2 Å². The lowest BCUT2D eigenvalue weighted by atomic mass is 10.0. The first-order valence-electron chi connectivity index (χ1n) is 6.05. The Morgan fingerprint density at radius 3 is 2.75 bits per heavy atom. The van der Waals surface area contributed by atoms with Crippen molar-refractivity contribution >= 4 is 5.91 Å². The molecule has 0 saturated heterocycles. The van der Waals surface area contributed by atoms with Gasteiger partial charge in [0.05, 0.1) is 6.26 Å². The summed E-state index contributed by atoms with van der Waals surface area (Å²) in [6.07, 6.45) is 5.07. The van der Waals surface area contributed by atoms with Crippen LogP contribution in [-0.2, 0) is 11.2 Å². The maximum atomic E-state index is 11.5. The summed E-state index contributed by atoms with van der Waals surface area (Å²) in [4.78, 5) is 11.5. The highest BCUT2D eigenvalue weighted by Gasteiger charge is 2.07. The second-order valence-electron chi connectivity index (χ2n) is 4.07. The number of hydrogen-bond donors (Lipinski definition) is 1. The zero-order chi connectivity index (χ0) is 11.8. The Hall–Kier alpha value is -1.25. The molecule has 0 unspecified atom stereocenters. The van der Waals surface area contributed by atoms with E-state index in [4.69, 9.17) is 4.42 Å². The molecule has 0 saturated carbocycles. The van der Waals surface area contributed by atoms with Crippen LogP contribution >= 0.6 is 0 Å². The van der Waals surface area contributed by atoms with Crippen molar-refractivity contribution in [3.63, 3.8) is 0 Å². The van der Waals surface area contributed by atoms with E-state index in [1.165, 1.54) is 0 Å². The molecular weight excluding hydrogens is 202 g/mol. The summed E-state index contributed by atoms with van der Waals surface area (Å²) in [5.74, 6) is 1.59. The van der Waals surface area contributed by atoms with Gasteiger partial charge in [-0.3, -0.25) is 4.79 Å². The molecule has 3 heteroatoms. The number of rotatable bonds is 7. The maximum absolute atomic E-state index is 11.5. The summed E-state index contributed by atoms with van der Waals surface area (Å²) in [7, 11) is 0. The van der Waals surface area contributed by atoms with Gasteiger partial charge in [0.1, 0.15) is 5.76 Å². The number of carbonyl (C=O) groups excluding carboxylic acids is 1. The first-order valence-corrected chi connectivity index (χ1v) is 6.05. The molecule has 0 aliphatic carbocycles. The lowest BCUT2D eigenvalue weighted by Gasteiger charge is -2.12. The van der Waals surface area contributed by atoms with E-state index in [1.54, 1.807) is 6.26 Å². The molecule has 1 aromatic heterocycles. The zero-order valence-electron chi connectivity index (χ0n) is 10.2. The van der Waals surface area contributed by atoms with Crippen LogP contribution in [0.25, 0.3) is 0 Å². The van der Waals surface area contributed by atoms with Crippen LogP contribution in [0.5, 0.6) is 0 Å². The Morgan fingerprint density at radius 2 is 2.19 bits per heavy atom. The van der Waals surface area contributed by atoms with Crippen LogP contribution in [0.3, 0.4) is 0 Å². The minimum Gasteiger partial charge on any atom is -0.469 e. The molecule has 0 radical (unpaired) electrons. The van der Waals surface area contributed by atoms with Gasteiger partial charge in [-0.15, -0.1) is 0 Å². The SMILES string of the molecule is CCC(CC)CNC(=O)CCc1ccco1. The van der Waals surface area contributed by atoms with Gasteiger partial charge in [0, 0.05) is 19.4 Å². The molecule has 1 amide bonds. The minimum absolute atomic E-state index is 0.114. The molecule has 0 aromatic carbocycles. The predicted octanol–water partition coefficient (Wildman–Crippen LogP) is 2.76. The number of nitrogens with one attached hydrogen (secondary N) is 1. The summed E-state index contributed by atoms with van der Waals surface area (Å²) < 4.78 is 5.17. The Kier molecular flexibility index (Phi) is 5.68. The topological polar surface area (TPSA) is 42.2 Å². The first-order chi connectivity index (χ1) is 7.76. The van der Waals surface area contributed by atoms with Crippen LogP contribution < -0.4 is 5.32 Å². The molecule has 90 valence electrons. The van der Waals surface area contributed by atoms with Crippen molar-refractivity contribution in [1.82, 2.24) is 5.32 Å². The molecular formula is C13H21NO2. The Morgan fingerprint density at radius 1 is 1.44 bits per heavy atom. The molecule has 0 aliphatic rings. The van der Waals surface area contributed by atoms with Crippen LogP contribution in [0.15, 0.2) is 22.8 Å². The Bertz CT molecular complexity index is 289. The van der Waals surface area contributed by atoms with E-state index in [2.05, 4.69) is 19.2 Å². The van der Waals surface area contributed by atoms with E-state index < -0.39 is 0 Å². The van der Waals surface area contributed by atoms with Crippen LogP contribution in [0.1, 0.15) is 38.9 Å². The van der Waals surface area contributed by atoms with E-state index in [9.17, 15) is 4.79 Å². The molecule has 1 rings (SSSR count). The number of amides is 1. The third kappa shape index (κ3) is 4.51. The van der Waals surface area contributed by atoms with E-state index in [0.717, 1.165) is 25.1 Å². The van der Waals surface area contributed by atoms with Gasteiger partial charge >= 0.3 is 0 Å². The number of aryl methyl sites for hydroxylation is 1. The maximum Gasteiger partial charge on any atom is 0.220 e. The number of carbonyl (C=O) groups is 1. The molecule has 0 atom stereocenters. The summed E-state index contributed by atoms with van der Waals surface area (Å²) in [5.41, 5.74) is 0. The minimum atomic E-state index is 0.114. The van der Waals surface area contributed by atoms with E-state index >= 15 is 0 Å². The highest BCUT2D eigenvalue weighted by atomic mass is 16.3. The summed E-state index contributed by atoms with van der Waals surface area (Å²) >= 11 is 0. The standard InChI is InChI=1S/C13H21NO2/c1-3-11(4-2)10-14-13(15)8-7-12-6-5-9-16-12/h5-6,9,11H,3-4,7-8,10H2,1-2H3,(H,14,15). The van der Waals surface area contributed by atoms with Gasteiger partial charge in [-0.1, -0.05) is 26.7 Å². The normalized spacial score (nSPS) is 10.7. The summed E-state index contributed by atoms with van der Waals surface area (Å²) in [6, 6.07) is 3.74. The average Bonchev–Trinajstić information content (AvgIpc) is 2.80. The quantitative estimate of drug-likeness (QED) is 0.772. The molecule has 16 heavy (non-hydrogen) atoms. The third-order valence-electron chi connectivity index (χ3n) is 2.92. The van der Waals surface area contributed by atoms with Gasteiger partial charge in [0.25, 0.3) is 0 Å². The fraction of sp³-hybridized carbons (Fsp3) is 0.615. The molecule has 0 bridgehead atoms. The number of hydrogen-bond acceptors (Lipinski definition) is 2. The lowest BCUT2D eigenvalue weighted by molar-refractivity contribution is -0.121. The van der Waals surface area contributed by atoms with Crippen molar-refractivity contribution in [2.75, 3.05) is 6.54 Å². The van der Waals surface area contributed by atoms with Crippen molar-refractivity contribution < 1.29 is 9.21 Å². The van der Waals surface area contributed by atoms with Gasteiger partial charge in [0.2, 0.25) is 5.91 Å². The molecule has 0 fully saturated rings. The summed E-state index contributed by atoms with van der Waals surface area (Å²) in [6.45, 7) is 5.11. The van der Waals surface area contributed by atoms with E-state index in [1.807, 2.05) is 12.1 Å². The van der Waals surface area contributed by atoms with Gasteiger partial charge in [-0.25, -0.2) is 0 Å². The molecule has 1 heterocycles. The van der Waals surface area contributed by atoms with Gasteiger partial charge < -0.3 is 9.73 Å². The number of furan rings is 1. The molecule has 0 aliphatic heterocycles. The van der Waals surface area contributed by atoms with Crippen molar-refractivity contribution in [3.05, 3.63) is 24.2 Å². The molecule has 1 N–H and O–H groups in total. The third-order valence-corrected chi connectivity index (χ3v) is 2.92. The van der Waals surface area contributed by atoms with Crippen LogP contribution in [0, 0.1) is 5.92 Å². The predicted molar refractivity (Wildman–Crippen MR) is 64.1 cm³/mol. The fourth-order valence-corrected chi connectivity index (χ4v) is 1.62. The Balaban J connectivity index is 2.16. The second kappa shape index (κ2) is 7.09. The monoisotopic (exact) mass is 223 g/mol. The average molecular weight is 223 g/mol. The smallest absolute Gasteiger partial charge is 0.220 e. The van der Waals surface area contributed by atoms with E-state index in [0.29, 0.717) is 18.8 Å². The highest BCUT2D eigenvalue weighted by Crippen LogP contribution is 2.06. The lowest BCUT2D eigenvalue weighted by Crippen LogP contribution is -2.29. The fourth-order valence-electron chi connectivity index (χ4n) is 1.62. The second-order valence-corrected chi connectivity index (χ2v) is 4.07. The van der Waals surface area contributed by atoms with Crippen LogP contribution in [0.4, 0.5) is 0 Å². The molecule has 1 aromatic rings. The van der Waals surface area contributed by atoms with Crippen LogP contribution in [0.2, 0.25) is 0 Å². The highest BCUT2D eigenvalue weighted by molar-refractivity contribution is 5.76.